The summed E-state index contributed by atoms with van der Waals surface area (Å²) in [7, 11) is 1.72. The largest absolute Gasteiger partial charge is 0.481 e. The molecule has 2 aromatic carbocycles. The van der Waals surface area contributed by atoms with Crippen LogP contribution in [-0.4, -0.2) is 21.4 Å². The number of hydrogen-bond acceptors (Lipinski definition) is 3. The van der Waals surface area contributed by atoms with E-state index in [1.165, 1.54) is 4.90 Å². The lowest BCUT2D eigenvalue weighted by molar-refractivity contribution is -0.136. The molecular weight excluding hydrogens is 346 g/mol. The van der Waals surface area contributed by atoms with E-state index in [1.54, 1.807) is 41.6 Å². The van der Waals surface area contributed by atoms with Crippen LogP contribution in [0.4, 0.5) is 0 Å². The van der Waals surface area contributed by atoms with Gasteiger partial charge in [-0.05, 0) is 35.9 Å². The van der Waals surface area contributed by atoms with Gasteiger partial charge in [-0.1, -0.05) is 36.4 Å². The third-order valence-corrected chi connectivity index (χ3v) is 5.21. The Morgan fingerprint density at radius 1 is 1.00 bits per heavy atom. The number of thioether (sulfide) groups is 1. The van der Waals surface area contributed by atoms with Gasteiger partial charge in [0.1, 0.15) is 0 Å². The summed E-state index contributed by atoms with van der Waals surface area (Å²) in [4.78, 5) is 24.9. The highest BCUT2D eigenvalue weighted by molar-refractivity contribution is 7.98. The molecule has 3 rings (SSSR count). The van der Waals surface area contributed by atoms with Gasteiger partial charge in [-0.2, -0.15) is 0 Å². The zero-order valence-electron chi connectivity index (χ0n) is 14.4. The van der Waals surface area contributed by atoms with E-state index in [4.69, 9.17) is 5.11 Å². The molecule has 0 aliphatic rings. The topological polar surface area (TPSA) is 59.3 Å². The maximum Gasteiger partial charge on any atom is 0.309 e. The second kappa shape index (κ2) is 8.06. The maximum absolute atomic E-state index is 12.8. The molecule has 26 heavy (non-hydrogen) atoms. The van der Waals surface area contributed by atoms with Crippen molar-refractivity contribution >= 4 is 23.5 Å². The van der Waals surface area contributed by atoms with Crippen LogP contribution >= 0.6 is 11.8 Å². The van der Waals surface area contributed by atoms with Crippen LogP contribution in [0.2, 0.25) is 0 Å². The molecule has 0 unspecified atom stereocenters. The normalized spacial score (nSPS) is 10.7. The molecule has 0 saturated heterocycles. The summed E-state index contributed by atoms with van der Waals surface area (Å²) in [5.41, 5.74) is 2.79. The minimum atomic E-state index is -0.912. The van der Waals surface area contributed by atoms with E-state index in [-0.39, 0.29) is 12.2 Å². The van der Waals surface area contributed by atoms with Gasteiger partial charge >= 0.3 is 5.97 Å². The minimum absolute atomic E-state index is 0.0997. The van der Waals surface area contributed by atoms with Crippen LogP contribution in [0.1, 0.15) is 27.3 Å². The molecular formula is C21H19NO3S. The predicted molar refractivity (Wildman–Crippen MR) is 103 cm³/mol. The lowest BCUT2D eigenvalue weighted by Crippen LogP contribution is -2.11. The van der Waals surface area contributed by atoms with Crippen molar-refractivity contribution in [3.63, 3.8) is 0 Å². The number of nitrogens with zero attached hydrogens (tertiary/aromatic N) is 1. The Bertz CT molecular complexity index is 931. The molecule has 0 spiro atoms. The Morgan fingerprint density at radius 3 is 2.50 bits per heavy atom. The van der Waals surface area contributed by atoms with Crippen LogP contribution < -0.4 is 0 Å². The highest BCUT2D eigenvalue weighted by atomic mass is 32.2. The number of hydrogen-bond donors (Lipinski definition) is 1. The van der Waals surface area contributed by atoms with Crippen molar-refractivity contribution in [2.45, 2.75) is 17.1 Å². The van der Waals surface area contributed by atoms with Gasteiger partial charge < -0.3 is 9.67 Å². The van der Waals surface area contributed by atoms with E-state index in [1.807, 2.05) is 36.4 Å². The number of benzene rings is 2. The predicted octanol–water partition coefficient (Wildman–Crippen LogP) is 4.18. The van der Waals surface area contributed by atoms with Crippen molar-refractivity contribution in [1.82, 2.24) is 4.57 Å². The molecule has 0 atom stereocenters. The highest BCUT2D eigenvalue weighted by Gasteiger charge is 2.16. The first-order chi connectivity index (χ1) is 12.5. The molecule has 0 aliphatic heterocycles. The van der Waals surface area contributed by atoms with Crippen LogP contribution in [0.25, 0.3) is 0 Å². The summed E-state index contributed by atoms with van der Waals surface area (Å²) in [6.45, 7) is 0. The SMILES string of the molecule is Cn1c(CC(=O)O)ccc1C(=O)c1cccc(CSc2ccccc2)c1. The van der Waals surface area contributed by atoms with Crippen LogP contribution in [0, 0.1) is 0 Å². The molecule has 132 valence electrons. The summed E-state index contributed by atoms with van der Waals surface area (Å²) >= 11 is 1.72. The standard InChI is InChI=1S/C21H19NO3S/c1-22-17(13-20(23)24)10-11-19(22)21(25)16-7-5-6-15(12-16)14-26-18-8-3-2-4-9-18/h2-12H,13-14H2,1H3,(H,23,24). The molecule has 1 aromatic heterocycles. The van der Waals surface area contributed by atoms with Crippen LogP contribution in [0.15, 0.2) is 71.6 Å². The van der Waals surface area contributed by atoms with Gasteiger partial charge in [-0.3, -0.25) is 9.59 Å². The number of carboxylic acids is 1. The molecule has 0 amide bonds. The molecule has 1 heterocycles. The Hall–Kier alpha value is -2.79. The number of aliphatic carboxylic acids is 1. The van der Waals surface area contributed by atoms with Crippen molar-refractivity contribution < 1.29 is 14.7 Å². The average molecular weight is 365 g/mol. The number of rotatable bonds is 7. The van der Waals surface area contributed by atoms with Crippen molar-refractivity contribution in [3.05, 3.63) is 89.2 Å². The number of carboxylic acid groups (broad SMARTS) is 1. The van der Waals surface area contributed by atoms with Crippen molar-refractivity contribution in [1.29, 1.82) is 0 Å². The molecule has 0 fully saturated rings. The fourth-order valence-corrected chi connectivity index (χ4v) is 3.61. The van der Waals surface area contributed by atoms with Gasteiger partial charge in [-0.25, -0.2) is 0 Å². The number of aromatic nitrogens is 1. The van der Waals surface area contributed by atoms with Gasteiger partial charge in [0.2, 0.25) is 5.78 Å². The smallest absolute Gasteiger partial charge is 0.309 e. The summed E-state index contributed by atoms with van der Waals surface area (Å²) in [5, 5.41) is 8.95. The molecule has 0 aliphatic carbocycles. The number of carbonyl (C=O) groups is 2. The third-order valence-electron chi connectivity index (χ3n) is 4.13. The molecule has 3 aromatic rings. The van der Waals surface area contributed by atoms with Crippen LogP contribution in [0.3, 0.4) is 0 Å². The summed E-state index contributed by atoms with van der Waals surface area (Å²) in [6, 6.07) is 21.1. The molecule has 1 N–H and O–H groups in total. The van der Waals surface area contributed by atoms with Crippen molar-refractivity contribution in [2.24, 2.45) is 7.05 Å². The van der Waals surface area contributed by atoms with E-state index >= 15 is 0 Å². The fraction of sp³-hybridized carbons (Fsp3) is 0.143. The molecule has 4 nitrogen and oxygen atoms in total. The van der Waals surface area contributed by atoms with Gasteiger partial charge in [0.05, 0.1) is 12.1 Å². The van der Waals surface area contributed by atoms with Gasteiger partial charge in [0, 0.05) is 29.0 Å². The van der Waals surface area contributed by atoms with Gasteiger partial charge in [0.15, 0.2) is 0 Å². The van der Waals surface area contributed by atoms with Crippen molar-refractivity contribution in [3.8, 4) is 0 Å². The molecule has 0 saturated carbocycles. The van der Waals surface area contributed by atoms with Gasteiger partial charge in [0.25, 0.3) is 0 Å². The maximum atomic E-state index is 12.8. The zero-order valence-corrected chi connectivity index (χ0v) is 15.2. The third kappa shape index (κ3) is 4.24. The van der Waals surface area contributed by atoms with Crippen molar-refractivity contribution in [2.75, 3.05) is 0 Å². The quantitative estimate of drug-likeness (QED) is 0.504. The van der Waals surface area contributed by atoms with E-state index < -0.39 is 5.97 Å². The second-order valence-corrected chi connectivity index (χ2v) is 7.02. The first-order valence-corrected chi connectivity index (χ1v) is 9.21. The number of carbonyl (C=O) groups excluding carboxylic acids is 1. The summed E-state index contributed by atoms with van der Waals surface area (Å²) < 4.78 is 1.65. The highest BCUT2D eigenvalue weighted by Crippen LogP contribution is 2.23. The Balaban J connectivity index is 1.76. The summed E-state index contributed by atoms with van der Waals surface area (Å²) in [6.07, 6.45) is -0.0997. The lowest BCUT2D eigenvalue weighted by atomic mass is 10.1. The van der Waals surface area contributed by atoms with Crippen LogP contribution in [0.5, 0.6) is 0 Å². The van der Waals surface area contributed by atoms with Crippen LogP contribution in [-0.2, 0) is 24.0 Å². The molecule has 0 bridgehead atoms. The van der Waals surface area contributed by atoms with E-state index in [2.05, 4.69) is 12.1 Å². The minimum Gasteiger partial charge on any atom is -0.481 e. The Labute approximate surface area is 156 Å². The second-order valence-electron chi connectivity index (χ2n) is 5.97. The van der Waals surface area contributed by atoms with E-state index in [9.17, 15) is 9.59 Å². The zero-order chi connectivity index (χ0) is 18.5. The summed E-state index contributed by atoms with van der Waals surface area (Å²) in [5.74, 6) is -0.233. The Morgan fingerprint density at radius 2 is 1.77 bits per heavy atom. The average Bonchev–Trinajstić information content (AvgIpc) is 3.00. The van der Waals surface area contributed by atoms with E-state index in [0.717, 1.165) is 11.3 Å². The van der Waals surface area contributed by atoms with E-state index in [0.29, 0.717) is 17.0 Å². The lowest BCUT2D eigenvalue weighted by Gasteiger charge is -2.08. The number of ketones is 1. The van der Waals surface area contributed by atoms with Gasteiger partial charge in [-0.15, -0.1) is 11.8 Å². The first kappa shape index (κ1) is 18.0. The molecule has 5 heteroatoms. The monoisotopic (exact) mass is 365 g/mol. The molecule has 0 radical (unpaired) electrons. The first-order valence-electron chi connectivity index (χ1n) is 8.22. The Kier molecular flexibility index (Phi) is 5.58. The fourth-order valence-electron chi connectivity index (χ4n) is 2.75.